The molecule has 13 aromatic rings. The predicted molar refractivity (Wildman–Crippen MR) is 320 cm³/mol. The van der Waals surface area contributed by atoms with Crippen LogP contribution in [0.5, 0.6) is 11.5 Å². The number of ether oxygens (including phenoxy) is 1. The van der Waals surface area contributed by atoms with Crippen LogP contribution in [-0.4, -0.2) is 4.57 Å². The molecule has 0 saturated carbocycles. The maximum atomic E-state index is 6.79. The number of aromatic nitrogens is 1. The molecule has 2 aliphatic heterocycles. The molecule has 2 aliphatic carbocycles. The predicted octanol–water partition coefficient (Wildman–Crippen LogP) is 19.2. The molecule has 1 aromatic heterocycles. The van der Waals surface area contributed by atoms with E-state index in [0.717, 1.165) is 50.9 Å². The topological polar surface area (TPSA) is 17.4 Å². The largest absolute Gasteiger partial charge is 0.457 e. The first-order chi connectivity index (χ1) is 38.7. The molecule has 0 bridgehead atoms. The number of anilines is 3. The zero-order chi connectivity index (χ0) is 51.1. The molecule has 364 valence electrons. The summed E-state index contributed by atoms with van der Waals surface area (Å²) in [6, 6.07) is 104. The van der Waals surface area contributed by atoms with Gasteiger partial charge >= 0.3 is 0 Å². The maximum Gasteiger partial charge on any atom is 0.132 e. The Hall–Kier alpha value is -9.61. The van der Waals surface area contributed by atoms with Gasteiger partial charge in [-0.15, -0.1) is 0 Å². The van der Waals surface area contributed by atoms with Crippen LogP contribution in [0.2, 0.25) is 0 Å². The number of nitrogens with zero attached hydrogens (tertiary/aromatic N) is 2. The molecule has 17 rings (SSSR count). The Bertz CT molecular complexity index is 4560. The van der Waals surface area contributed by atoms with Gasteiger partial charge in [0.15, 0.2) is 0 Å². The highest BCUT2D eigenvalue weighted by Crippen LogP contribution is 2.66. The van der Waals surface area contributed by atoms with Gasteiger partial charge in [-0.1, -0.05) is 206 Å². The van der Waals surface area contributed by atoms with Crippen molar-refractivity contribution in [1.29, 1.82) is 0 Å². The van der Waals surface area contributed by atoms with Crippen LogP contribution in [0, 0.1) is 0 Å². The zero-order valence-corrected chi connectivity index (χ0v) is 43.1. The lowest BCUT2D eigenvalue weighted by Crippen LogP contribution is -2.32. The van der Waals surface area contributed by atoms with Gasteiger partial charge in [0.25, 0.3) is 0 Å². The van der Waals surface area contributed by atoms with Crippen LogP contribution in [0.3, 0.4) is 0 Å². The molecule has 3 nitrogen and oxygen atoms in total. The van der Waals surface area contributed by atoms with Crippen molar-refractivity contribution < 1.29 is 4.74 Å². The second kappa shape index (κ2) is 16.4. The minimum absolute atomic E-state index is 0.539. The van der Waals surface area contributed by atoms with E-state index in [1.807, 2.05) is 11.8 Å². The third kappa shape index (κ3) is 5.79. The molecule has 78 heavy (non-hydrogen) atoms. The summed E-state index contributed by atoms with van der Waals surface area (Å²) in [6.07, 6.45) is 0. The normalized spacial score (nSPS) is 14.2. The van der Waals surface area contributed by atoms with Gasteiger partial charge in [0, 0.05) is 54.3 Å². The summed E-state index contributed by atoms with van der Waals surface area (Å²) < 4.78 is 9.17. The summed E-state index contributed by atoms with van der Waals surface area (Å²) in [4.78, 5) is 5.12. The second-order valence-electron chi connectivity index (χ2n) is 21.0. The van der Waals surface area contributed by atoms with Gasteiger partial charge in [0.2, 0.25) is 0 Å². The van der Waals surface area contributed by atoms with Crippen LogP contribution >= 0.6 is 11.8 Å². The van der Waals surface area contributed by atoms with E-state index in [1.165, 1.54) is 92.8 Å². The lowest BCUT2D eigenvalue weighted by atomic mass is 9.66. The van der Waals surface area contributed by atoms with E-state index in [-0.39, 0.29) is 0 Å². The molecular formula is C74H46N2OS. The number of fused-ring (bicyclic) bond motifs is 21. The standard InChI is InChI=1S/C74H46N2OS/c1-2-19-49(20-3-1)76-65-31-13-6-22-54(65)56-45-48(39-44-66(56)76)47-37-40-50(41-38-47)75(51-42-43-53-52-21-4-7-24-57(52)74(64(53)46-51)61-28-11-16-35-70(61)78-71-36-17-12-29-62(71)74)67-32-18-30-63-72(67)55-23-5-8-25-58(55)73(63)59-26-9-14-33-68(59)77-69-34-15-10-27-60(69)73/h1-46H. The number of para-hydroxylation sites is 4. The highest BCUT2D eigenvalue weighted by Gasteiger charge is 2.53. The average molecular weight is 1010 g/mol. The molecule has 0 fully saturated rings. The third-order valence-electron chi connectivity index (χ3n) is 17.3. The maximum absolute atomic E-state index is 6.79. The van der Waals surface area contributed by atoms with E-state index in [1.54, 1.807) is 0 Å². The Morgan fingerprint density at radius 3 is 1.59 bits per heavy atom. The van der Waals surface area contributed by atoms with Crippen LogP contribution in [0.4, 0.5) is 17.1 Å². The fourth-order valence-corrected chi connectivity index (χ4v) is 15.5. The first-order valence-electron chi connectivity index (χ1n) is 26.9. The van der Waals surface area contributed by atoms with Crippen molar-refractivity contribution in [2.24, 2.45) is 0 Å². The summed E-state index contributed by atoms with van der Waals surface area (Å²) in [5.74, 6) is 1.77. The smallest absolute Gasteiger partial charge is 0.132 e. The zero-order valence-electron chi connectivity index (χ0n) is 42.3. The molecule has 0 N–H and O–H groups in total. The summed E-state index contributed by atoms with van der Waals surface area (Å²) in [6.45, 7) is 0. The molecule has 12 aromatic carbocycles. The number of benzene rings is 12. The number of rotatable bonds is 5. The summed E-state index contributed by atoms with van der Waals surface area (Å²) >= 11 is 1.88. The summed E-state index contributed by atoms with van der Waals surface area (Å²) in [5.41, 5.74) is 23.1. The van der Waals surface area contributed by atoms with E-state index in [0.29, 0.717) is 0 Å². The van der Waals surface area contributed by atoms with Gasteiger partial charge in [-0.3, -0.25) is 0 Å². The van der Waals surface area contributed by atoms with E-state index in [2.05, 4.69) is 289 Å². The van der Waals surface area contributed by atoms with Crippen LogP contribution in [0.1, 0.15) is 44.5 Å². The van der Waals surface area contributed by atoms with Crippen LogP contribution in [-0.2, 0) is 10.8 Å². The van der Waals surface area contributed by atoms with Crippen molar-refractivity contribution in [1.82, 2.24) is 4.57 Å². The van der Waals surface area contributed by atoms with Crippen molar-refractivity contribution in [3.05, 3.63) is 324 Å². The Kier molecular flexibility index (Phi) is 9.20. The second-order valence-corrected chi connectivity index (χ2v) is 22.1. The van der Waals surface area contributed by atoms with Crippen molar-refractivity contribution in [2.75, 3.05) is 4.90 Å². The fraction of sp³-hybridized carbons (Fsp3) is 0.0270. The van der Waals surface area contributed by atoms with Crippen molar-refractivity contribution in [3.63, 3.8) is 0 Å². The molecule has 0 saturated heterocycles. The van der Waals surface area contributed by atoms with Crippen molar-refractivity contribution in [3.8, 4) is 50.6 Å². The molecule has 2 spiro atoms. The first-order valence-corrected chi connectivity index (χ1v) is 27.7. The van der Waals surface area contributed by atoms with Crippen LogP contribution < -0.4 is 9.64 Å². The summed E-state index contributed by atoms with van der Waals surface area (Å²) in [5, 5.41) is 2.48. The molecular weight excluding hydrogens is 965 g/mol. The molecule has 4 heteroatoms. The quantitative estimate of drug-likeness (QED) is 0.171. The van der Waals surface area contributed by atoms with Crippen molar-refractivity contribution >= 4 is 50.6 Å². The molecule has 4 aliphatic rings. The Balaban J connectivity index is 0.911. The lowest BCUT2D eigenvalue weighted by Gasteiger charge is -2.40. The van der Waals surface area contributed by atoms with Crippen molar-refractivity contribution in [2.45, 2.75) is 20.6 Å². The van der Waals surface area contributed by atoms with Gasteiger partial charge in [-0.2, -0.15) is 0 Å². The number of hydrogen-bond acceptors (Lipinski definition) is 3. The Morgan fingerprint density at radius 1 is 0.333 bits per heavy atom. The highest BCUT2D eigenvalue weighted by molar-refractivity contribution is 7.99. The molecule has 0 atom stereocenters. The lowest BCUT2D eigenvalue weighted by molar-refractivity contribution is 0.436. The fourth-order valence-electron chi connectivity index (χ4n) is 14.3. The van der Waals surface area contributed by atoms with Gasteiger partial charge in [-0.25, -0.2) is 0 Å². The van der Waals surface area contributed by atoms with Gasteiger partial charge in [-0.05, 0) is 146 Å². The SMILES string of the molecule is c1ccc(-n2c3ccccc3c3cc(-c4ccc(N(c5ccc6c(c5)C5(c7ccccc7Sc7ccccc75)c5ccccc5-6)c5cccc6c5-c5ccccc5C65c6ccccc6Oc6ccccc65)cc4)ccc32)cc1. The van der Waals surface area contributed by atoms with Gasteiger partial charge < -0.3 is 14.2 Å². The molecule has 0 unspecified atom stereocenters. The molecule has 0 amide bonds. The third-order valence-corrected chi connectivity index (χ3v) is 18.5. The molecule has 0 radical (unpaired) electrons. The first kappa shape index (κ1) is 43.6. The summed E-state index contributed by atoms with van der Waals surface area (Å²) in [7, 11) is 0. The van der Waals surface area contributed by atoms with Gasteiger partial charge in [0.1, 0.15) is 11.5 Å². The van der Waals surface area contributed by atoms with E-state index in [4.69, 9.17) is 4.74 Å². The Morgan fingerprint density at radius 2 is 0.859 bits per heavy atom. The highest BCUT2D eigenvalue weighted by atomic mass is 32.2. The van der Waals surface area contributed by atoms with E-state index < -0.39 is 10.8 Å². The van der Waals surface area contributed by atoms with Crippen LogP contribution in [0.25, 0.3) is 60.9 Å². The number of hydrogen-bond donors (Lipinski definition) is 0. The average Bonchev–Trinajstić information content (AvgIpc) is 4.29. The Labute approximate surface area is 456 Å². The van der Waals surface area contributed by atoms with E-state index in [9.17, 15) is 0 Å². The van der Waals surface area contributed by atoms with Crippen LogP contribution in [0.15, 0.2) is 289 Å². The van der Waals surface area contributed by atoms with Gasteiger partial charge in [0.05, 0.1) is 27.6 Å². The monoisotopic (exact) mass is 1010 g/mol. The van der Waals surface area contributed by atoms with E-state index >= 15 is 0 Å². The minimum atomic E-state index is -0.623. The minimum Gasteiger partial charge on any atom is -0.457 e. The molecule has 3 heterocycles.